The van der Waals surface area contributed by atoms with E-state index in [2.05, 4.69) is 20.9 Å². The molecule has 112 valence electrons. The highest BCUT2D eigenvalue weighted by molar-refractivity contribution is 7.18. The highest BCUT2D eigenvalue weighted by Gasteiger charge is 2.20. The van der Waals surface area contributed by atoms with E-state index in [0.717, 1.165) is 6.42 Å². The molecule has 0 bridgehead atoms. The van der Waals surface area contributed by atoms with Crippen LogP contribution in [-0.2, 0) is 4.79 Å². The fraction of sp³-hybridized carbons (Fsp3) is 0.583. The van der Waals surface area contributed by atoms with Crippen LogP contribution in [0.25, 0.3) is 0 Å². The van der Waals surface area contributed by atoms with Crippen molar-refractivity contribution in [3.8, 4) is 0 Å². The highest BCUT2D eigenvalue weighted by Crippen LogP contribution is 2.24. The Morgan fingerprint density at radius 3 is 2.70 bits per heavy atom. The summed E-state index contributed by atoms with van der Waals surface area (Å²) in [5.41, 5.74) is 5.70. The number of aromatic nitrogens is 1. The normalized spacial score (nSPS) is 11.8. The number of thiazole rings is 1. The predicted molar refractivity (Wildman–Crippen MR) is 80.9 cm³/mol. The highest BCUT2D eigenvalue weighted by atomic mass is 32.1. The van der Waals surface area contributed by atoms with E-state index in [9.17, 15) is 9.59 Å². The van der Waals surface area contributed by atoms with Crippen LogP contribution in [0.15, 0.2) is 0 Å². The fourth-order valence-corrected chi connectivity index (χ4v) is 2.31. The predicted octanol–water partition coefficient (Wildman–Crippen LogP) is 0.802. The van der Waals surface area contributed by atoms with Gasteiger partial charge in [-0.15, -0.1) is 0 Å². The van der Waals surface area contributed by atoms with Gasteiger partial charge in [0, 0.05) is 13.1 Å². The minimum Gasteiger partial charge on any atom is -0.382 e. The third-order valence-electron chi connectivity index (χ3n) is 2.48. The molecule has 0 radical (unpaired) electrons. The van der Waals surface area contributed by atoms with Crippen molar-refractivity contribution in [1.29, 1.82) is 0 Å². The summed E-state index contributed by atoms with van der Waals surface area (Å²) in [6, 6.07) is -0.613. The van der Waals surface area contributed by atoms with E-state index in [1.165, 1.54) is 11.3 Å². The summed E-state index contributed by atoms with van der Waals surface area (Å²) in [4.78, 5) is 28.1. The van der Waals surface area contributed by atoms with Crippen LogP contribution in [0.5, 0.6) is 0 Å². The molecule has 0 fully saturated rings. The number of nitrogen functional groups attached to an aromatic ring is 1. The van der Waals surface area contributed by atoms with Crippen LogP contribution in [0.1, 0.15) is 36.9 Å². The number of nitrogens with two attached hydrogens (primary N) is 1. The van der Waals surface area contributed by atoms with Gasteiger partial charge in [0.1, 0.15) is 16.7 Å². The first-order valence-electron chi connectivity index (χ1n) is 6.58. The molecule has 1 heterocycles. The molecule has 0 aliphatic rings. The molecule has 2 amide bonds. The van der Waals surface area contributed by atoms with Gasteiger partial charge in [-0.1, -0.05) is 18.3 Å². The number of anilines is 2. The van der Waals surface area contributed by atoms with Gasteiger partial charge < -0.3 is 21.7 Å². The summed E-state index contributed by atoms with van der Waals surface area (Å²) in [5, 5.41) is 8.92. The van der Waals surface area contributed by atoms with E-state index in [1.54, 1.807) is 6.92 Å². The number of hydrogen-bond acceptors (Lipinski definition) is 6. The molecule has 1 unspecified atom stereocenters. The number of carbonyl (C=O) groups is 2. The lowest BCUT2D eigenvalue weighted by atomic mass is 10.3. The van der Waals surface area contributed by atoms with Crippen molar-refractivity contribution in [3.63, 3.8) is 0 Å². The van der Waals surface area contributed by atoms with Crippen LogP contribution in [0.4, 0.5) is 10.9 Å². The van der Waals surface area contributed by atoms with Crippen molar-refractivity contribution in [3.05, 3.63) is 4.88 Å². The maximum Gasteiger partial charge on any atom is 0.265 e. The quantitative estimate of drug-likeness (QED) is 0.595. The van der Waals surface area contributed by atoms with Crippen molar-refractivity contribution in [2.45, 2.75) is 33.2 Å². The maximum absolute atomic E-state index is 12.0. The van der Waals surface area contributed by atoms with E-state index in [-0.39, 0.29) is 17.6 Å². The van der Waals surface area contributed by atoms with Crippen LogP contribution >= 0.6 is 11.3 Å². The van der Waals surface area contributed by atoms with Crippen molar-refractivity contribution < 1.29 is 9.59 Å². The standard InChI is InChI=1S/C12H21N5O2S/c1-4-6-15-10(18)7(3)16-11(19)8-9(13)17-12(20-8)14-5-2/h7H,4-6,13H2,1-3H3,(H,14,17)(H,15,18)(H,16,19). The third-order valence-corrected chi connectivity index (χ3v) is 3.51. The molecule has 0 spiro atoms. The van der Waals surface area contributed by atoms with Gasteiger partial charge in [-0.2, -0.15) is 0 Å². The Bertz CT molecular complexity index is 474. The van der Waals surface area contributed by atoms with Gasteiger partial charge in [0.25, 0.3) is 5.91 Å². The van der Waals surface area contributed by atoms with Crippen LogP contribution in [0.3, 0.4) is 0 Å². The van der Waals surface area contributed by atoms with Crippen molar-refractivity contribution in [2.75, 3.05) is 24.1 Å². The number of nitrogens with zero attached hydrogens (tertiary/aromatic N) is 1. The number of rotatable bonds is 7. The van der Waals surface area contributed by atoms with Crippen LogP contribution in [0.2, 0.25) is 0 Å². The first-order chi connectivity index (χ1) is 9.49. The summed E-state index contributed by atoms with van der Waals surface area (Å²) >= 11 is 1.17. The van der Waals surface area contributed by atoms with Gasteiger partial charge in [0.05, 0.1) is 0 Å². The molecule has 1 aromatic heterocycles. The second kappa shape index (κ2) is 7.68. The second-order valence-corrected chi connectivity index (χ2v) is 5.25. The van der Waals surface area contributed by atoms with Crippen molar-refractivity contribution in [1.82, 2.24) is 15.6 Å². The number of nitrogens with one attached hydrogen (secondary N) is 3. The molecule has 7 nitrogen and oxygen atoms in total. The SMILES string of the molecule is CCCNC(=O)C(C)NC(=O)c1sc(NCC)nc1N. The second-order valence-electron chi connectivity index (χ2n) is 4.25. The van der Waals surface area contributed by atoms with Crippen LogP contribution in [-0.4, -0.2) is 35.9 Å². The van der Waals surface area contributed by atoms with E-state index in [4.69, 9.17) is 5.73 Å². The molecule has 1 aromatic rings. The van der Waals surface area contributed by atoms with Crippen LogP contribution in [0, 0.1) is 0 Å². The van der Waals surface area contributed by atoms with Gasteiger partial charge in [0.2, 0.25) is 5.91 Å². The summed E-state index contributed by atoms with van der Waals surface area (Å²) < 4.78 is 0. The Labute approximate surface area is 122 Å². The molecular weight excluding hydrogens is 278 g/mol. The molecule has 0 saturated heterocycles. The molecule has 1 atom stereocenters. The zero-order chi connectivity index (χ0) is 15.1. The molecule has 20 heavy (non-hydrogen) atoms. The van der Waals surface area contributed by atoms with E-state index in [0.29, 0.717) is 23.1 Å². The van der Waals surface area contributed by atoms with Gasteiger partial charge in [-0.25, -0.2) is 4.98 Å². The molecule has 1 rings (SSSR count). The molecule has 0 aliphatic heterocycles. The zero-order valence-electron chi connectivity index (χ0n) is 11.9. The lowest BCUT2D eigenvalue weighted by Gasteiger charge is -2.13. The molecule has 0 aromatic carbocycles. The molecule has 8 heteroatoms. The summed E-state index contributed by atoms with van der Waals surface area (Å²) in [6.07, 6.45) is 0.847. The van der Waals surface area contributed by atoms with Gasteiger partial charge in [-0.05, 0) is 20.3 Å². The van der Waals surface area contributed by atoms with Gasteiger partial charge in [-0.3, -0.25) is 9.59 Å². The van der Waals surface area contributed by atoms with Crippen molar-refractivity contribution in [2.24, 2.45) is 0 Å². The van der Waals surface area contributed by atoms with Gasteiger partial charge >= 0.3 is 0 Å². The zero-order valence-corrected chi connectivity index (χ0v) is 12.8. The molecular formula is C12H21N5O2S. The average molecular weight is 299 g/mol. The monoisotopic (exact) mass is 299 g/mol. The smallest absolute Gasteiger partial charge is 0.265 e. The van der Waals surface area contributed by atoms with E-state index >= 15 is 0 Å². The topological polar surface area (TPSA) is 109 Å². The third kappa shape index (κ3) is 4.37. The van der Waals surface area contributed by atoms with Gasteiger partial charge in [0.15, 0.2) is 5.13 Å². The average Bonchev–Trinajstić information content (AvgIpc) is 2.77. The summed E-state index contributed by atoms with van der Waals surface area (Å²) in [7, 11) is 0. The Balaban J connectivity index is 2.64. The maximum atomic E-state index is 12.0. The first kappa shape index (κ1) is 16.2. The number of hydrogen-bond donors (Lipinski definition) is 4. The minimum absolute atomic E-state index is 0.171. The van der Waals surface area contributed by atoms with E-state index in [1.807, 2.05) is 13.8 Å². The first-order valence-corrected chi connectivity index (χ1v) is 7.39. The Morgan fingerprint density at radius 1 is 1.40 bits per heavy atom. The lowest BCUT2D eigenvalue weighted by molar-refractivity contribution is -0.122. The lowest BCUT2D eigenvalue weighted by Crippen LogP contribution is -2.44. The van der Waals surface area contributed by atoms with E-state index < -0.39 is 6.04 Å². The molecule has 5 N–H and O–H groups in total. The van der Waals surface area contributed by atoms with Crippen LogP contribution < -0.4 is 21.7 Å². The molecule has 0 saturated carbocycles. The number of carbonyl (C=O) groups excluding carboxylic acids is 2. The Hall–Kier alpha value is -1.83. The Kier molecular flexibility index (Phi) is 6.23. The molecule has 0 aliphatic carbocycles. The summed E-state index contributed by atoms with van der Waals surface area (Å²) in [6.45, 7) is 6.81. The van der Waals surface area contributed by atoms with Crippen molar-refractivity contribution >= 4 is 34.1 Å². The number of amides is 2. The Morgan fingerprint density at radius 2 is 2.10 bits per heavy atom. The fourth-order valence-electron chi connectivity index (χ4n) is 1.45. The largest absolute Gasteiger partial charge is 0.382 e. The summed E-state index contributed by atoms with van der Waals surface area (Å²) in [5.74, 6) is -0.428. The minimum atomic E-state index is -0.613.